The smallest absolute Gasteiger partial charge is 0.247 e. The van der Waals surface area contributed by atoms with Crippen LogP contribution in [0, 0.1) is 5.92 Å². The molecule has 0 radical (unpaired) electrons. The highest BCUT2D eigenvalue weighted by Crippen LogP contribution is 2.27. The summed E-state index contributed by atoms with van der Waals surface area (Å²) in [5.74, 6) is 1.42. The van der Waals surface area contributed by atoms with Gasteiger partial charge in [-0.15, -0.1) is 0 Å². The Hall–Kier alpha value is 0.170. The molecule has 0 bridgehead atoms. The van der Waals surface area contributed by atoms with Gasteiger partial charge in [0.2, 0.25) is 6.43 Å². The fourth-order valence-corrected chi connectivity index (χ4v) is 2.54. The Morgan fingerprint density at radius 1 is 1.42 bits per heavy atom. The minimum atomic E-state index is -2.16. The molecule has 2 N–H and O–H groups in total. The van der Waals surface area contributed by atoms with Crippen molar-refractivity contribution in [1.29, 1.82) is 0 Å². The van der Waals surface area contributed by atoms with Gasteiger partial charge in [0.25, 0.3) is 0 Å². The molecule has 2 atom stereocenters. The minimum absolute atomic E-state index is 0.0221. The van der Waals surface area contributed by atoms with E-state index >= 15 is 0 Å². The summed E-state index contributed by atoms with van der Waals surface area (Å²) in [5, 5.41) is 0. The topological polar surface area (TPSA) is 26.0 Å². The molecule has 0 aromatic carbocycles. The molecule has 0 saturated heterocycles. The zero-order valence-corrected chi connectivity index (χ0v) is 7.83. The van der Waals surface area contributed by atoms with Crippen LogP contribution >= 0.6 is 11.8 Å². The van der Waals surface area contributed by atoms with E-state index in [2.05, 4.69) is 0 Å². The first-order valence-corrected chi connectivity index (χ1v) is 5.45. The molecule has 0 aliphatic heterocycles. The lowest BCUT2D eigenvalue weighted by atomic mass is 10.1. The van der Waals surface area contributed by atoms with E-state index in [1.54, 1.807) is 0 Å². The number of halogens is 2. The van der Waals surface area contributed by atoms with Crippen molar-refractivity contribution >= 4 is 11.8 Å². The molecule has 0 aromatic rings. The zero-order valence-electron chi connectivity index (χ0n) is 7.01. The molecule has 1 fully saturated rings. The fraction of sp³-hybridized carbons (Fsp3) is 1.00. The summed E-state index contributed by atoms with van der Waals surface area (Å²) < 4.78 is 23.5. The SMILES string of the molecule is N[C@@H]1CC[C@H](CSCC(F)F)C1. The Balaban J connectivity index is 2.00. The summed E-state index contributed by atoms with van der Waals surface area (Å²) in [7, 11) is 0. The number of hydrogen-bond acceptors (Lipinski definition) is 2. The van der Waals surface area contributed by atoms with Gasteiger partial charge in [0.15, 0.2) is 0 Å². The number of nitrogens with two attached hydrogens (primary N) is 1. The molecule has 0 spiro atoms. The van der Waals surface area contributed by atoms with E-state index in [1.165, 1.54) is 11.8 Å². The molecule has 4 heteroatoms. The highest BCUT2D eigenvalue weighted by Gasteiger charge is 2.21. The summed E-state index contributed by atoms with van der Waals surface area (Å²) >= 11 is 1.36. The van der Waals surface area contributed by atoms with E-state index in [0.29, 0.717) is 12.0 Å². The van der Waals surface area contributed by atoms with Crippen molar-refractivity contribution in [3.8, 4) is 0 Å². The molecular weight excluding hydrogens is 180 g/mol. The average molecular weight is 195 g/mol. The molecule has 1 saturated carbocycles. The molecule has 1 rings (SSSR count). The van der Waals surface area contributed by atoms with E-state index in [-0.39, 0.29) is 5.75 Å². The van der Waals surface area contributed by atoms with Crippen molar-refractivity contribution < 1.29 is 8.78 Å². The van der Waals surface area contributed by atoms with Gasteiger partial charge in [-0.05, 0) is 30.9 Å². The van der Waals surface area contributed by atoms with Crippen LogP contribution in [-0.2, 0) is 0 Å². The van der Waals surface area contributed by atoms with Gasteiger partial charge in [0.05, 0.1) is 5.75 Å². The van der Waals surface area contributed by atoms with Crippen molar-refractivity contribution in [3.63, 3.8) is 0 Å². The third kappa shape index (κ3) is 3.72. The molecule has 1 aliphatic carbocycles. The largest absolute Gasteiger partial charge is 0.328 e. The highest BCUT2D eigenvalue weighted by atomic mass is 32.2. The predicted octanol–water partition coefficient (Wildman–Crippen LogP) is 2.11. The van der Waals surface area contributed by atoms with Crippen molar-refractivity contribution in [1.82, 2.24) is 0 Å². The summed E-state index contributed by atoms with van der Waals surface area (Å²) in [6, 6.07) is 0.321. The zero-order chi connectivity index (χ0) is 8.97. The molecule has 0 unspecified atom stereocenters. The fourth-order valence-electron chi connectivity index (χ4n) is 1.59. The third-order valence-electron chi connectivity index (χ3n) is 2.18. The van der Waals surface area contributed by atoms with Gasteiger partial charge >= 0.3 is 0 Å². The Bertz CT molecular complexity index is 132. The van der Waals surface area contributed by atoms with Crippen molar-refractivity contribution in [2.24, 2.45) is 11.7 Å². The molecule has 1 nitrogen and oxygen atoms in total. The van der Waals surface area contributed by atoms with Gasteiger partial charge in [0, 0.05) is 6.04 Å². The third-order valence-corrected chi connectivity index (χ3v) is 3.37. The number of rotatable bonds is 4. The van der Waals surface area contributed by atoms with Crippen LogP contribution < -0.4 is 5.73 Å². The quantitative estimate of drug-likeness (QED) is 0.743. The molecule has 0 amide bonds. The van der Waals surface area contributed by atoms with Crippen LogP contribution in [0.2, 0.25) is 0 Å². The van der Waals surface area contributed by atoms with Crippen molar-refractivity contribution in [2.45, 2.75) is 31.7 Å². The van der Waals surface area contributed by atoms with Crippen molar-refractivity contribution in [3.05, 3.63) is 0 Å². The second-order valence-corrected chi connectivity index (χ2v) is 4.44. The van der Waals surface area contributed by atoms with Gasteiger partial charge in [-0.25, -0.2) is 8.78 Å². The monoisotopic (exact) mass is 195 g/mol. The predicted molar refractivity (Wildman–Crippen MR) is 48.6 cm³/mol. The molecule has 0 heterocycles. The average Bonchev–Trinajstić information content (AvgIpc) is 2.35. The molecular formula is C8H15F2NS. The van der Waals surface area contributed by atoms with E-state index < -0.39 is 6.43 Å². The van der Waals surface area contributed by atoms with E-state index in [1.807, 2.05) is 0 Å². The summed E-state index contributed by atoms with van der Waals surface area (Å²) in [6.07, 6.45) is 1.05. The Morgan fingerprint density at radius 3 is 2.67 bits per heavy atom. The second kappa shape index (κ2) is 5.02. The summed E-state index contributed by atoms with van der Waals surface area (Å²) in [4.78, 5) is 0. The van der Waals surface area contributed by atoms with Crippen LogP contribution in [-0.4, -0.2) is 24.0 Å². The van der Waals surface area contributed by atoms with Gasteiger partial charge in [0.1, 0.15) is 0 Å². The van der Waals surface area contributed by atoms with Crippen LogP contribution in [0.25, 0.3) is 0 Å². The first-order valence-electron chi connectivity index (χ1n) is 4.30. The highest BCUT2D eigenvalue weighted by molar-refractivity contribution is 7.99. The maximum absolute atomic E-state index is 11.7. The maximum atomic E-state index is 11.7. The second-order valence-electron chi connectivity index (χ2n) is 3.37. The molecule has 1 aliphatic rings. The Morgan fingerprint density at radius 2 is 2.17 bits per heavy atom. The Labute approximate surface area is 76.1 Å². The number of alkyl halides is 2. The van der Waals surface area contributed by atoms with Crippen LogP contribution in [0.4, 0.5) is 8.78 Å². The standard InChI is InChI=1S/C8H15F2NS/c9-8(10)5-12-4-6-1-2-7(11)3-6/h6-8H,1-5,11H2/t6-,7+/m0/s1. The summed E-state index contributed by atoms with van der Waals surface area (Å²) in [5.41, 5.74) is 5.70. The molecule has 72 valence electrons. The first-order chi connectivity index (χ1) is 5.68. The van der Waals surface area contributed by atoms with Gasteiger partial charge in [-0.2, -0.15) is 11.8 Å². The van der Waals surface area contributed by atoms with Crippen LogP contribution in [0.1, 0.15) is 19.3 Å². The lowest BCUT2D eigenvalue weighted by molar-refractivity contribution is 0.177. The Kier molecular flexibility index (Phi) is 4.29. The van der Waals surface area contributed by atoms with E-state index in [0.717, 1.165) is 25.0 Å². The molecule has 0 aromatic heterocycles. The maximum Gasteiger partial charge on any atom is 0.247 e. The van der Waals surface area contributed by atoms with Crippen LogP contribution in [0.5, 0.6) is 0 Å². The van der Waals surface area contributed by atoms with Crippen LogP contribution in [0.3, 0.4) is 0 Å². The first kappa shape index (κ1) is 10.3. The normalized spacial score (nSPS) is 30.0. The number of hydrogen-bond donors (Lipinski definition) is 1. The van der Waals surface area contributed by atoms with E-state index in [4.69, 9.17) is 5.73 Å². The van der Waals surface area contributed by atoms with Gasteiger partial charge < -0.3 is 5.73 Å². The summed E-state index contributed by atoms with van der Waals surface area (Å²) in [6.45, 7) is 0. The van der Waals surface area contributed by atoms with Crippen molar-refractivity contribution in [2.75, 3.05) is 11.5 Å². The lowest BCUT2D eigenvalue weighted by Crippen LogP contribution is -2.15. The van der Waals surface area contributed by atoms with E-state index in [9.17, 15) is 8.78 Å². The molecule has 12 heavy (non-hydrogen) atoms. The number of thioether (sulfide) groups is 1. The van der Waals surface area contributed by atoms with Gasteiger partial charge in [-0.1, -0.05) is 0 Å². The van der Waals surface area contributed by atoms with Gasteiger partial charge in [-0.3, -0.25) is 0 Å². The van der Waals surface area contributed by atoms with Crippen LogP contribution in [0.15, 0.2) is 0 Å². The lowest BCUT2D eigenvalue weighted by Gasteiger charge is -2.07. The minimum Gasteiger partial charge on any atom is -0.328 e.